The number of nitrogens with zero attached hydrogens (tertiary/aromatic N) is 1. The molecular formula is C19H17F3N2O2S. The van der Waals surface area contributed by atoms with Gasteiger partial charge in [-0.3, -0.25) is 9.69 Å². The highest BCUT2D eigenvalue weighted by Gasteiger charge is 2.30. The number of alkyl halides is 3. The van der Waals surface area contributed by atoms with E-state index in [9.17, 15) is 18.0 Å². The molecule has 2 aromatic heterocycles. The lowest BCUT2D eigenvalue weighted by molar-refractivity contribution is -0.137. The van der Waals surface area contributed by atoms with Gasteiger partial charge >= 0.3 is 6.18 Å². The van der Waals surface area contributed by atoms with Gasteiger partial charge in [-0.2, -0.15) is 13.2 Å². The second-order valence-electron chi connectivity index (χ2n) is 5.93. The van der Waals surface area contributed by atoms with E-state index in [-0.39, 0.29) is 12.5 Å². The molecule has 1 N–H and O–H groups in total. The van der Waals surface area contributed by atoms with Crippen LogP contribution in [0.5, 0.6) is 0 Å². The van der Waals surface area contributed by atoms with Crippen LogP contribution in [-0.2, 0) is 24.1 Å². The molecule has 0 aliphatic rings. The number of amides is 1. The number of thiophene rings is 1. The van der Waals surface area contributed by atoms with Crippen LogP contribution in [0.15, 0.2) is 64.6 Å². The molecule has 27 heavy (non-hydrogen) atoms. The van der Waals surface area contributed by atoms with Crippen molar-refractivity contribution in [3.8, 4) is 0 Å². The molecule has 0 aliphatic heterocycles. The van der Waals surface area contributed by atoms with Gasteiger partial charge in [0, 0.05) is 17.1 Å². The summed E-state index contributed by atoms with van der Waals surface area (Å²) in [6.45, 7) is 1.10. The third kappa shape index (κ3) is 5.70. The molecule has 0 bridgehead atoms. The smallest absolute Gasteiger partial charge is 0.416 e. The van der Waals surface area contributed by atoms with Gasteiger partial charge in [0.25, 0.3) is 0 Å². The summed E-state index contributed by atoms with van der Waals surface area (Å²) in [5, 5.41) is 4.60. The Bertz CT molecular complexity index is 808. The second-order valence-corrected chi connectivity index (χ2v) is 6.96. The van der Waals surface area contributed by atoms with Crippen LogP contribution in [0.4, 0.5) is 18.9 Å². The molecule has 0 radical (unpaired) electrons. The molecule has 0 atom stereocenters. The van der Waals surface area contributed by atoms with E-state index in [0.717, 1.165) is 22.8 Å². The lowest BCUT2D eigenvalue weighted by atomic mass is 10.2. The molecule has 2 heterocycles. The van der Waals surface area contributed by atoms with Gasteiger partial charge in [-0.25, -0.2) is 0 Å². The van der Waals surface area contributed by atoms with E-state index in [4.69, 9.17) is 4.42 Å². The van der Waals surface area contributed by atoms with Gasteiger partial charge in [-0.15, -0.1) is 11.3 Å². The number of carbonyl (C=O) groups excluding carboxylic acids is 1. The molecule has 1 amide bonds. The summed E-state index contributed by atoms with van der Waals surface area (Å²) in [6.07, 6.45) is -2.83. The normalized spacial score (nSPS) is 11.7. The van der Waals surface area contributed by atoms with E-state index < -0.39 is 11.7 Å². The first kappa shape index (κ1) is 19.2. The van der Waals surface area contributed by atoms with Crippen LogP contribution in [0.25, 0.3) is 0 Å². The third-order valence-electron chi connectivity index (χ3n) is 3.78. The minimum absolute atomic E-state index is 0.0830. The molecular weight excluding hydrogens is 377 g/mol. The summed E-state index contributed by atoms with van der Waals surface area (Å²) < 4.78 is 43.2. The zero-order valence-electron chi connectivity index (χ0n) is 14.2. The quantitative estimate of drug-likeness (QED) is 0.613. The number of hydrogen-bond donors (Lipinski definition) is 1. The highest BCUT2D eigenvalue weighted by Crippen LogP contribution is 2.29. The molecule has 3 aromatic rings. The van der Waals surface area contributed by atoms with Crippen molar-refractivity contribution < 1.29 is 22.4 Å². The maximum atomic E-state index is 12.6. The predicted octanol–water partition coefficient (Wildman–Crippen LogP) is 5.00. The number of carbonyl (C=O) groups is 1. The Balaban J connectivity index is 1.63. The average Bonchev–Trinajstić information content (AvgIpc) is 3.28. The van der Waals surface area contributed by atoms with Gasteiger partial charge in [0.1, 0.15) is 5.76 Å². The summed E-state index contributed by atoms with van der Waals surface area (Å²) in [5.74, 6) is 0.423. The Hall–Kier alpha value is -2.58. The van der Waals surface area contributed by atoms with Crippen LogP contribution in [0.2, 0.25) is 0 Å². The first-order valence-corrected chi connectivity index (χ1v) is 9.02. The summed E-state index contributed by atoms with van der Waals surface area (Å²) >= 11 is 1.59. The van der Waals surface area contributed by atoms with Crippen molar-refractivity contribution in [2.45, 2.75) is 19.3 Å². The van der Waals surface area contributed by atoms with E-state index in [1.165, 1.54) is 12.1 Å². The Morgan fingerprint density at radius 1 is 1.07 bits per heavy atom. The second kappa shape index (κ2) is 8.41. The van der Waals surface area contributed by atoms with Crippen molar-refractivity contribution in [1.82, 2.24) is 4.90 Å². The van der Waals surface area contributed by atoms with Gasteiger partial charge in [0.2, 0.25) is 5.91 Å². The number of rotatable bonds is 7. The number of anilines is 1. The third-order valence-corrected chi connectivity index (χ3v) is 4.64. The van der Waals surface area contributed by atoms with Crippen LogP contribution in [0.1, 0.15) is 16.2 Å². The van der Waals surface area contributed by atoms with Crippen molar-refractivity contribution in [1.29, 1.82) is 0 Å². The standard InChI is InChI=1S/C19H17F3N2O2S/c20-19(21,22)14-5-7-15(8-6-14)23-18(25)13-24(11-16-3-1-9-26-16)12-17-4-2-10-27-17/h1-10H,11-13H2,(H,23,25). The van der Waals surface area contributed by atoms with Crippen LogP contribution >= 0.6 is 11.3 Å². The molecule has 0 spiro atoms. The molecule has 4 nitrogen and oxygen atoms in total. The molecule has 0 fully saturated rings. The molecule has 0 saturated heterocycles. The van der Waals surface area contributed by atoms with Crippen molar-refractivity contribution >= 4 is 22.9 Å². The maximum absolute atomic E-state index is 12.6. The minimum atomic E-state index is -4.40. The summed E-state index contributed by atoms with van der Waals surface area (Å²) in [7, 11) is 0. The summed E-state index contributed by atoms with van der Waals surface area (Å²) in [4.78, 5) is 15.4. The molecule has 0 aliphatic carbocycles. The number of hydrogen-bond acceptors (Lipinski definition) is 4. The highest BCUT2D eigenvalue weighted by atomic mass is 32.1. The lowest BCUT2D eigenvalue weighted by Crippen LogP contribution is -2.32. The fourth-order valence-electron chi connectivity index (χ4n) is 2.56. The predicted molar refractivity (Wildman–Crippen MR) is 97.2 cm³/mol. The molecule has 3 rings (SSSR count). The average molecular weight is 394 g/mol. The first-order valence-electron chi connectivity index (χ1n) is 8.14. The van der Waals surface area contributed by atoms with E-state index in [2.05, 4.69) is 5.32 Å². The topological polar surface area (TPSA) is 45.5 Å². The molecule has 8 heteroatoms. The zero-order valence-corrected chi connectivity index (χ0v) is 15.0. The Morgan fingerprint density at radius 3 is 2.44 bits per heavy atom. The largest absolute Gasteiger partial charge is 0.468 e. The van der Waals surface area contributed by atoms with E-state index >= 15 is 0 Å². The van der Waals surface area contributed by atoms with E-state index in [1.807, 2.05) is 28.5 Å². The van der Waals surface area contributed by atoms with Gasteiger partial charge in [-0.05, 0) is 47.8 Å². The van der Waals surface area contributed by atoms with Gasteiger partial charge in [0.05, 0.1) is 24.9 Å². The Morgan fingerprint density at radius 2 is 1.85 bits per heavy atom. The van der Waals surface area contributed by atoms with Gasteiger partial charge in [0.15, 0.2) is 0 Å². The first-order chi connectivity index (χ1) is 12.9. The van der Waals surface area contributed by atoms with Crippen LogP contribution in [0, 0.1) is 0 Å². The van der Waals surface area contributed by atoms with Crippen LogP contribution < -0.4 is 5.32 Å². The van der Waals surface area contributed by atoms with E-state index in [0.29, 0.717) is 18.8 Å². The van der Waals surface area contributed by atoms with E-state index in [1.54, 1.807) is 23.7 Å². The maximum Gasteiger partial charge on any atom is 0.416 e. The zero-order chi connectivity index (χ0) is 19.3. The van der Waals surface area contributed by atoms with Gasteiger partial charge in [-0.1, -0.05) is 6.07 Å². The van der Waals surface area contributed by atoms with Crippen molar-refractivity contribution in [3.05, 3.63) is 76.4 Å². The molecule has 0 saturated carbocycles. The van der Waals surface area contributed by atoms with Crippen LogP contribution in [0.3, 0.4) is 0 Å². The minimum Gasteiger partial charge on any atom is -0.468 e. The van der Waals surface area contributed by atoms with Crippen molar-refractivity contribution in [2.75, 3.05) is 11.9 Å². The molecule has 0 unspecified atom stereocenters. The van der Waals surface area contributed by atoms with Crippen molar-refractivity contribution in [3.63, 3.8) is 0 Å². The van der Waals surface area contributed by atoms with Crippen molar-refractivity contribution in [2.24, 2.45) is 0 Å². The SMILES string of the molecule is O=C(CN(Cc1ccco1)Cc1cccs1)Nc1ccc(C(F)(F)F)cc1. The summed E-state index contributed by atoms with van der Waals surface area (Å²) in [5.41, 5.74) is -0.431. The van der Waals surface area contributed by atoms with Crippen LogP contribution in [-0.4, -0.2) is 17.4 Å². The number of halogens is 3. The highest BCUT2D eigenvalue weighted by molar-refractivity contribution is 7.09. The number of benzene rings is 1. The molecule has 142 valence electrons. The lowest BCUT2D eigenvalue weighted by Gasteiger charge is -2.20. The fourth-order valence-corrected chi connectivity index (χ4v) is 3.31. The monoisotopic (exact) mass is 394 g/mol. The fraction of sp³-hybridized carbons (Fsp3) is 0.211. The molecule has 1 aromatic carbocycles. The number of furan rings is 1. The summed E-state index contributed by atoms with van der Waals surface area (Å²) in [6, 6.07) is 11.9. The van der Waals surface area contributed by atoms with Gasteiger partial charge < -0.3 is 9.73 Å². The Kier molecular flexibility index (Phi) is 5.98. The number of nitrogens with one attached hydrogen (secondary N) is 1. The Labute approximate surface area is 158 Å².